The van der Waals surface area contributed by atoms with E-state index in [4.69, 9.17) is 0 Å². The fourth-order valence-electron chi connectivity index (χ4n) is 2.52. The molecular weight excluding hydrogens is 217 g/mol. The van der Waals surface area contributed by atoms with Crippen LogP contribution in [-0.4, -0.2) is 28.6 Å². The van der Waals surface area contributed by atoms with Crippen LogP contribution in [0.25, 0.3) is 0 Å². The van der Waals surface area contributed by atoms with Gasteiger partial charge in [-0.25, -0.2) is 4.39 Å². The summed E-state index contributed by atoms with van der Waals surface area (Å²) in [7, 11) is 0. The summed E-state index contributed by atoms with van der Waals surface area (Å²) in [6, 6.07) is 6.13. The van der Waals surface area contributed by atoms with Gasteiger partial charge in [-0.3, -0.25) is 4.90 Å². The van der Waals surface area contributed by atoms with Gasteiger partial charge < -0.3 is 5.11 Å². The molecule has 0 aromatic heterocycles. The van der Waals surface area contributed by atoms with Crippen molar-refractivity contribution in [2.24, 2.45) is 0 Å². The molecule has 1 aliphatic heterocycles. The van der Waals surface area contributed by atoms with E-state index in [1.165, 1.54) is 25.0 Å². The third-order valence-electron chi connectivity index (χ3n) is 3.78. The number of nitrogens with zero attached hydrogens (tertiary/aromatic N) is 1. The van der Waals surface area contributed by atoms with Gasteiger partial charge in [0.2, 0.25) is 0 Å². The van der Waals surface area contributed by atoms with Crippen molar-refractivity contribution >= 4 is 0 Å². The standard InChI is InChI=1S/C14H20FNO/c1-14(2,16-9-3-4-10-16)13(17)11-5-7-12(15)8-6-11/h5-8,13,17H,3-4,9-10H2,1-2H3. The van der Waals surface area contributed by atoms with E-state index in [9.17, 15) is 9.50 Å². The van der Waals surface area contributed by atoms with Crippen LogP contribution >= 0.6 is 0 Å². The van der Waals surface area contributed by atoms with Crippen LogP contribution in [0, 0.1) is 5.82 Å². The molecule has 1 aromatic rings. The molecule has 0 spiro atoms. The molecule has 0 saturated carbocycles. The lowest BCUT2D eigenvalue weighted by molar-refractivity contribution is 0.00129. The molecule has 0 amide bonds. The number of likely N-dealkylation sites (tertiary alicyclic amines) is 1. The molecule has 2 nitrogen and oxygen atoms in total. The summed E-state index contributed by atoms with van der Waals surface area (Å²) < 4.78 is 12.9. The lowest BCUT2D eigenvalue weighted by Gasteiger charge is -2.39. The first-order valence-electron chi connectivity index (χ1n) is 6.20. The second-order valence-electron chi connectivity index (χ2n) is 5.30. The lowest BCUT2D eigenvalue weighted by atomic mass is 9.90. The van der Waals surface area contributed by atoms with E-state index >= 15 is 0 Å². The fraction of sp³-hybridized carbons (Fsp3) is 0.571. The van der Waals surface area contributed by atoms with Crippen molar-refractivity contribution < 1.29 is 9.50 Å². The van der Waals surface area contributed by atoms with E-state index in [1.807, 2.05) is 13.8 Å². The monoisotopic (exact) mass is 237 g/mol. The molecule has 1 unspecified atom stereocenters. The number of halogens is 1. The third-order valence-corrected chi connectivity index (χ3v) is 3.78. The predicted molar refractivity (Wildman–Crippen MR) is 66.2 cm³/mol. The van der Waals surface area contributed by atoms with E-state index in [-0.39, 0.29) is 11.4 Å². The van der Waals surface area contributed by atoms with Gasteiger partial charge in [0.15, 0.2) is 0 Å². The highest BCUT2D eigenvalue weighted by atomic mass is 19.1. The highest BCUT2D eigenvalue weighted by Gasteiger charge is 2.36. The molecule has 1 atom stereocenters. The van der Waals surface area contributed by atoms with Crippen LogP contribution in [0.1, 0.15) is 38.4 Å². The number of hydrogen-bond acceptors (Lipinski definition) is 2. The summed E-state index contributed by atoms with van der Waals surface area (Å²) in [5.74, 6) is -0.264. The van der Waals surface area contributed by atoms with E-state index in [2.05, 4.69) is 4.90 Å². The molecular formula is C14H20FNO. The van der Waals surface area contributed by atoms with Crippen molar-refractivity contribution in [3.05, 3.63) is 35.6 Å². The molecule has 0 bridgehead atoms. The summed E-state index contributed by atoms with van der Waals surface area (Å²) in [5.41, 5.74) is 0.484. The Bertz CT molecular complexity index is 368. The van der Waals surface area contributed by atoms with Crippen LogP contribution in [0.5, 0.6) is 0 Å². The smallest absolute Gasteiger partial charge is 0.123 e. The molecule has 0 aliphatic carbocycles. The van der Waals surface area contributed by atoms with Crippen LogP contribution in [0.15, 0.2) is 24.3 Å². The third kappa shape index (κ3) is 2.50. The van der Waals surface area contributed by atoms with Crippen LogP contribution < -0.4 is 0 Å². The minimum Gasteiger partial charge on any atom is -0.386 e. The van der Waals surface area contributed by atoms with Gasteiger partial charge in [-0.05, 0) is 57.5 Å². The second-order valence-corrected chi connectivity index (χ2v) is 5.30. The average Bonchev–Trinajstić information content (AvgIpc) is 2.83. The van der Waals surface area contributed by atoms with E-state index in [1.54, 1.807) is 12.1 Å². The molecule has 17 heavy (non-hydrogen) atoms. The zero-order valence-corrected chi connectivity index (χ0v) is 10.5. The summed E-state index contributed by atoms with van der Waals surface area (Å²) >= 11 is 0. The van der Waals surface area contributed by atoms with Crippen LogP contribution in [0.2, 0.25) is 0 Å². The molecule has 1 fully saturated rings. The van der Waals surface area contributed by atoms with Crippen molar-refractivity contribution in [1.82, 2.24) is 4.90 Å². The Morgan fingerprint density at radius 1 is 1.18 bits per heavy atom. The van der Waals surface area contributed by atoms with Crippen molar-refractivity contribution in [2.75, 3.05) is 13.1 Å². The zero-order valence-electron chi connectivity index (χ0n) is 10.5. The van der Waals surface area contributed by atoms with Gasteiger partial charge in [0.05, 0.1) is 6.10 Å². The van der Waals surface area contributed by atoms with Crippen molar-refractivity contribution in [2.45, 2.75) is 38.3 Å². The highest BCUT2D eigenvalue weighted by Crippen LogP contribution is 2.33. The van der Waals surface area contributed by atoms with Gasteiger partial charge >= 0.3 is 0 Å². The minimum atomic E-state index is -0.582. The Hall–Kier alpha value is -0.930. The number of aliphatic hydroxyl groups is 1. The van der Waals surface area contributed by atoms with E-state index in [0.29, 0.717) is 0 Å². The van der Waals surface area contributed by atoms with Gasteiger partial charge in [-0.2, -0.15) is 0 Å². The fourth-order valence-corrected chi connectivity index (χ4v) is 2.52. The normalized spacial score (nSPS) is 19.5. The van der Waals surface area contributed by atoms with Gasteiger partial charge in [0.25, 0.3) is 0 Å². The highest BCUT2D eigenvalue weighted by molar-refractivity contribution is 5.21. The van der Waals surface area contributed by atoms with Crippen molar-refractivity contribution in [1.29, 1.82) is 0 Å². The molecule has 1 N–H and O–H groups in total. The van der Waals surface area contributed by atoms with Gasteiger partial charge in [-0.15, -0.1) is 0 Å². The first-order chi connectivity index (χ1) is 8.01. The summed E-state index contributed by atoms with van der Waals surface area (Å²) in [6.45, 7) is 6.16. The molecule has 3 heteroatoms. The summed E-state index contributed by atoms with van der Waals surface area (Å²) in [4.78, 5) is 2.31. The maximum Gasteiger partial charge on any atom is 0.123 e. The van der Waals surface area contributed by atoms with E-state index in [0.717, 1.165) is 18.7 Å². The van der Waals surface area contributed by atoms with Crippen LogP contribution in [0.3, 0.4) is 0 Å². The Kier molecular flexibility index (Phi) is 3.50. The second kappa shape index (κ2) is 4.75. The molecule has 0 radical (unpaired) electrons. The number of benzene rings is 1. The molecule has 1 heterocycles. The number of rotatable bonds is 3. The maximum atomic E-state index is 12.9. The molecule has 1 saturated heterocycles. The first kappa shape index (κ1) is 12.5. The van der Waals surface area contributed by atoms with Crippen LogP contribution in [-0.2, 0) is 0 Å². The predicted octanol–water partition coefficient (Wildman–Crippen LogP) is 2.73. The van der Waals surface area contributed by atoms with Gasteiger partial charge in [0, 0.05) is 5.54 Å². The van der Waals surface area contributed by atoms with Gasteiger partial charge in [-0.1, -0.05) is 12.1 Å². The summed E-state index contributed by atoms with van der Waals surface area (Å²) in [5, 5.41) is 10.4. The van der Waals surface area contributed by atoms with Gasteiger partial charge in [0.1, 0.15) is 5.82 Å². The number of hydrogen-bond donors (Lipinski definition) is 1. The lowest BCUT2D eigenvalue weighted by Crippen LogP contribution is -2.46. The topological polar surface area (TPSA) is 23.5 Å². The summed E-state index contributed by atoms with van der Waals surface area (Å²) in [6.07, 6.45) is 1.81. The molecule has 1 aliphatic rings. The SMILES string of the molecule is CC(C)(C(O)c1ccc(F)cc1)N1CCCC1. The first-order valence-corrected chi connectivity index (χ1v) is 6.20. The molecule has 2 rings (SSSR count). The Balaban J connectivity index is 2.17. The van der Waals surface area contributed by atoms with E-state index < -0.39 is 6.10 Å². The quantitative estimate of drug-likeness (QED) is 0.873. The van der Waals surface area contributed by atoms with Crippen molar-refractivity contribution in [3.8, 4) is 0 Å². The largest absolute Gasteiger partial charge is 0.386 e. The molecule has 94 valence electrons. The molecule has 1 aromatic carbocycles. The average molecular weight is 237 g/mol. The zero-order chi connectivity index (χ0) is 12.5. The maximum absolute atomic E-state index is 12.9. The van der Waals surface area contributed by atoms with Crippen molar-refractivity contribution in [3.63, 3.8) is 0 Å². The van der Waals surface area contributed by atoms with Crippen LogP contribution in [0.4, 0.5) is 4.39 Å². The Morgan fingerprint density at radius 2 is 1.71 bits per heavy atom. The Labute approximate surface area is 102 Å². The Morgan fingerprint density at radius 3 is 2.24 bits per heavy atom. The minimum absolute atomic E-state index is 0.264. The number of aliphatic hydroxyl groups excluding tert-OH is 1.